The molecule has 0 bridgehead atoms. The Morgan fingerprint density at radius 1 is 1.12 bits per heavy atom. The summed E-state index contributed by atoms with van der Waals surface area (Å²) in [7, 11) is 0. The fraction of sp³-hybridized carbons (Fsp3) is 0.571. The topological polar surface area (TPSA) is 38.0 Å². The van der Waals surface area contributed by atoms with Gasteiger partial charge in [0.1, 0.15) is 0 Å². The largest absolute Gasteiger partial charge is 0.398 e. The van der Waals surface area contributed by atoms with Crippen molar-refractivity contribution in [3.63, 3.8) is 0 Å². The fourth-order valence-electron chi connectivity index (χ4n) is 2.94. The molecule has 1 unspecified atom stereocenters. The number of hydrogen-bond donors (Lipinski definition) is 2. The van der Waals surface area contributed by atoms with Gasteiger partial charge in [0.05, 0.1) is 0 Å². The molecule has 0 saturated heterocycles. The summed E-state index contributed by atoms with van der Waals surface area (Å²) < 4.78 is 0. The molecule has 0 radical (unpaired) electrons. The normalized spacial score (nSPS) is 24.9. The van der Waals surface area contributed by atoms with E-state index in [0.717, 1.165) is 11.7 Å². The SMILES string of the molecule is Nc1cccc2c1C(NC1CCC1)CCC2. The smallest absolute Gasteiger partial charge is 0.0365 e. The quantitative estimate of drug-likeness (QED) is 0.746. The van der Waals surface area contributed by atoms with Crippen LogP contribution < -0.4 is 11.1 Å². The first-order chi connectivity index (χ1) is 7.84. The number of hydrogen-bond acceptors (Lipinski definition) is 2. The second-order valence-corrected chi connectivity index (χ2v) is 5.16. The van der Waals surface area contributed by atoms with Gasteiger partial charge >= 0.3 is 0 Å². The number of nitrogen functional groups attached to an aromatic ring is 1. The standard InChI is InChI=1S/C14H20N2/c15-12-8-1-4-10-5-2-9-13(14(10)12)16-11-6-3-7-11/h1,4,8,11,13,16H,2-3,5-7,9,15H2. The Morgan fingerprint density at radius 2 is 2.00 bits per heavy atom. The molecular weight excluding hydrogens is 196 g/mol. The maximum atomic E-state index is 6.13. The number of nitrogens with one attached hydrogen (secondary N) is 1. The minimum absolute atomic E-state index is 0.509. The third kappa shape index (κ3) is 1.71. The van der Waals surface area contributed by atoms with Crippen LogP contribution in [0.3, 0.4) is 0 Å². The van der Waals surface area contributed by atoms with Crippen LogP contribution in [-0.2, 0) is 6.42 Å². The minimum Gasteiger partial charge on any atom is -0.398 e. The van der Waals surface area contributed by atoms with E-state index < -0.39 is 0 Å². The van der Waals surface area contributed by atoms with E-state index in [1.54, 1.807) is 0 Å². The Balaban J connectivity index is 1.86. The van der Waals surface area contributed by atoms with Crippen LogP contribution in [0.5, 0.6) is 0 Å². The molecule has 1 aromatic carbocycles. The summed E-state index contributed by atoms with van der Waals surface area (Å²) >= 11 is 0. The fourth-order valence-corrected chi connectivity index (χ4v) is 2.94. The number of fused-ring (bicyclic) bond motifs is 1. The summed E-state index contributed by atoms with van der Waals surface area (Å²) in [5.74, 6) is 0. The minimum atomic E-state index is 0.509. The second-order valence-electron chi connectivity index (χ2n) is 5.16. The average Bonchev–Trinajstić information content (AvgIpc) is 2.24. The summed E-state index contributed by atoms with van der Waals surface area (Å²) in [5, 5.41) is 3.77. The van der Waals surface area contributed by atoms with Crippen LogP contribution in [0.2, 0.25) is 0 Å². The van der Waals surface area contributed by atoms with E-state index >= 15 is 0 Å². The van der Waals surface area contributed by atoms with Gasteiger partial charge in [0.25, 0.3) is 0 Å². The van der Waals surface area contributed by atoms with Crippen molar-refractivity contribution in [2.24, 2.45) is 0 Å². The molecule has 3 N–H and O–H groups in total. The van der Waals surface area contributed by atoms with Gasteiger partial charge in [-0.3, -0.25) is 0 Å². The van der Waals surface area contributed by atoms with Crippen LogP contribution in [0.25, 0.3) is 0 Å². The molecule has 2 aliphatic rings. The third-order valence-electron chi connectivity index (χ3n) is 4.06. The first-order valence-electron chi connectivity index (χ1n) is 6.48. The number of benzene rings is 1. The molecule has 0 heterocycles. The van der Waals surface area contributed by atoms with Gasteiger partial charge in [-0.15, -0.1) is 0 Å². The number of nitrogens with two attached hydrogens (primary N) is 1. The molecule has 1 atom stereocenters. The highest BCUT2D eigenvalue weighted by atomic mass is 15.0. The first-order valence-corrected chi connectivity index (χ1v) is 6.48. The van der Waals surface area contributed by atoms with Crippen molar-refractivity contribution < 1.29 is 0 Å². The Hall–Kier alpha value is -1.02. The number of anilines is 1. The van der Waals surface area contributed by atoms with Crippen LogP contribution in [-0.4, -0.2) is 6.04 Å². The number of aryl methyl sites for hydroxylation is 1. The lowest BCUT2D eigenvalue weighted by atomic mass is 9.84. The Labute approximate surface area is 97.2 Å². The van der Waals surface area contributed by atoms with Gasteiger partial charge in [-0.2, -0.15) is 0 Å². The van der Waals surface area contributed by atoms with Crippen LogP contribution in [0.15, 0.2) is 18.2 Å². The molecule has 0 spiro atoms. The molecule has 0 aliphatic heterocycles. The van der Waals surface area contributed by atoms with E-state index in [9.17, 15) is 0 Å². The average molecular weight is 216 g/mol. The molecular formula is C14H20N2. The van der Waals surface area contributed by atoms with Crippen molar-refractivity contribution in [2.75, 3.05) is 5.73 Å². The predicted molar refractivity (Wildman–Crippen MR) is 67.3 cm³/mol. The molecule has 2 heteroatoms. The third-order valence-corrected chi connectivity index (χ3v) is 4.06. The predicted octanol–water partition coefficient (Wildman–Crippen LogP) is 2.79. The highest BCUT2D eigenvalue weighted by molar-refractivity contribution is 5.53. The summed E-state index contributed by atoms with van der Waals surface area (Å²) in [5.41, 5.74) is 9.96. The Morgan fingerprint density at radius 3 is 2.75 bits per heavy atom. The van der Waals surface area contributed by atoms with Gasteiger partial charge < -0.3 is 11.1 Å². The van der Waals surface area contributed by atoms with E-state index in [4.69, 9.17) is 5.73 Å². The molecule has 0 amide bonds. The van der Waals surface area contributed by atoms with Crippen molar-refractivity contribution in [3.8, 4) is 0 Å². The lowest BCUT2D eigenvalue weighted by Gasteiger charge is -2.35. The van der Waals surface area contributed by atoms with E-state index in [-0.39, 0.29) is 0 Å². The molecule has 1 aromatic rings. The zero-order valence-corrected chi connectivity index (χ0v) is 9.71. The van der Waals surface area contributed by atoms with Gasteiger partial charge in [-0.05, 0) is 49.3 Å². The molecule has 2 aliphatic carbocycles. The zero-order valence-electron chi connectivity index (χ0n) is 9.71. The Kier molecular flexibility index (Phi) is 2.60. The van der Waals surface area contributed by atoms with Crippen molar-refractivity contribution >= 4 is 5.69 Å². The lowest BCUT2D eigenvalue weighted by molar-refractivity contribution is 0.291. The summed E-state index contributed by atoms with van der Waals surface area (Å²) in [4.78, 5) is 0. The molecule has 16 heavy (non-hydrogen) atoms. The summed E-state index contributed by atoms with van der Waals surface area (Å²) in [6.45, 7) is 0. The summed E-state index contributed by atoms with van der Waals surface area (Å²) in [6.07, 6.45) is 7.82. The van der Waals surface area contributed by atoms with Crippen molar-refractivity contribution in [3.05, 3.63) is 29.3 Å². The molecule has 1 saturated carbocycles. The van der Waals surface area contributed by atoms with E-state index in [1.807, 2.05) is 6.07 Å². The van der Waals surface area contributed by atoms with Crippen molar-refractivity contribution in [2.45, 2.75) is 50.6 Å². The Bertz CT molecular complexity index is 382. The monoisotopic (exact) mass is 216 g/mol. The van der Waals surface area contributed by atoms with Gasteiger partial charge in [0.15, 0.2) is 0 Å². The maximum Gasteiger partial charge on any atom is 0.0365 e. The van der Waals surface area contributed by atoms with Gasteiger partial charge in [0, 0.05) is 17.8 Å². The van der Waals surface area contributed by atoms with Crippen LogP contribution in [0.4, 0.5) is 5.69 Å². The molecule has 86 valence electrons. The van der Waals surface area contributed by atoms with Gasteiger partial charge in [-0.25, -0.2) is 0 Å². The summed E-state index contributed by atoms with van der Waals surface area (Å²) in [6, 6.07) is 7.62. The van der Waals surface area contributed by atoms with Gasteiger partial charge in [0.2, 0.25) is 0 Å². The first kappa shape index (κ1) is 10.2. The number of rotatable bonds is 2. The highest BCUT2D eigenvalue weighted by Crippen LogP contribution is 2.35. The molecule has 3 rings (SSSR count). The molecule has 2 nitrogen and oxygen atoms in total. The van der Waals surface area contributed by atoms with Crippen molar-refractivity contribution in [1.82, 2.24) is 5.32 Å². The van der Waals surface area contributed by atoms with Crippen LogP contribution >= 0.6 is 0 Å². The lowest BCUT2D eigenvalue weighted by Crippen LogP contribution is -2.39. The second kappa shape index (κ2) is 4.10. The van der Waals surface area contributed by atoms with E-state index in [2.05, 4.69) is 17.4 Å². The van der Waals surface area contributed by atoms with Crippen molar-refractivity contribution in [1.29, 1.82) is 0 Å². The van der Waals surface area contributed by atoms with E-state index in [1.165, 1.54) is 49.7 Å². The van der Waals surface area contributed by atoms with Crippen LogP contribution in [0, 0.1) is 0 Å². The van der Waals surface area contributed by atoms with Crippen LogP contribution in [0.1, 0.15) is 49.3 Å². The molecule has 1 fully saturated rings. The highest BCUT2D eigenvalue weighted by Gasteiger charge is 2.26. The van der Waals surface area contributed by atoms with E-state index in [0.29, 0.717) is 6.04 Å². The zero-order chi connectivity index (χ0) is 11.0. The maximum absolute atomic E-state index is 6.13. The van der Waals surface area contributed by atoms with Gasteiger partial charge in [-0.1, -0.05) is 18.6 Å². The molecule has 0 aromatic heterocycles.